The lowest BCUT2D eigenvalue weighted by molar-refractivity contribution is 0.0838. The largest absolute Gasteiger partial charge is 0.508 e. The molecular weight excluding hydrogens is 384 g/mol. The van der Waals surface area contributed by atoms with E-state index in [0.29, 0.717) is 17.5 Å². The van der Waals surface area contributed by atoms with Gasteiger partial charge in [0.15, 0.2) is 5.78 Å². The van der Waals surface area contributed by atoms with Gasteiger partial charge in [-0.25, -0.2) is 0 Å². The van der Waals surface area contributed by atoms with E-state index in [2.05, 4.69) is 6.58 Å². The van der Waals surface area contributed by atoms with E-state index >= 15 is 0 Å². The van der Waals surface area contributed by atoms with Crippen molar-refractivity contribution in [2.45, 2.75) is 45.6 Å². The molecule has 0 radical (unpaired) electrons. The Bertz CT molecular complexity index is 1050. The first kappa shape index (κ1) is 21.3. The summed E-state index contributed by atoms with van der Waals surface area (Å²) >= 11 is 0. The van der Waals surface area contributed by atoms with E-state index in [1.54, 1.807) is 0 Å². The Morgan fingerprint density at radius 1 is 1.13 bits per heavy atom. The second-order valence-corrected chi connectivity index (χ2v) is 7.93. The summed E-state index contributed by atoms with van der Waals surface area (Å²) in [4.78, 5) is 12.9. The Morgan fingerprint density at radius 3 is 2.43 bits per heavy atom. The molecule has 0 spiro atoms. The van der Waals surface area contributed by atoms with Crippen molar-refractivity contribution >= 4 is 5.78 Å². The molecule has 3 rings (SSSR count). The van der Waals surface area contributed by atoms with Crippen LogP contribution in [0.1, 0.15) is 67.1 Å². The molecule has 6 heteroatoms. The molecule has 30 heavy (non-hydrogen) atoms. The van der Waals surface area contributed by atoms with Gasteiger partial charge in [0, 0.05) is 29.2 Å². The lowest BCUT2D eigenvalue weighted by atomic mass is 9.84. The van der Waals surface area contributed by atoms with Gasteiger partial charge >= 0.3 is 0 Å². The third-order valence-electron chi connectivity index (χ3n) is 5.25. The molecule has 0 saturated carbocycles. The molecule has 0 aromatic heterocycles. The number of carbonyl (C=O) groups is 1. The van der Waals surface area contributed by atoms with Crippen molar-refractivity contribution in [2.24, 2.45) is 0 Å². The molecule has 1 aliphatic rings. The van der Waals surface area contributed by atoms with Crippen LogP contribution in [0.15, 0.2) is 48.1 Å². The van der Waals surface area contributed by atoms with Gasteiger partial charge in [0.05, 0.1) is 6.42 Å². The lowest BCUT2D eigenvalue weighted by Crippen LogP contribution is -2.22. The molecule has 0 amide bonds. The van der Waals surface area contributed by atoms with Crippen molar-refractivity contribution in [3.8, 4) is 28.7 Å². The topological polar surface area (TPSA) is 107 Å². The number of phenols is 4. The highest BCUT2D eigenvalue weighted by Gasteiger charge is 2.36. The minimum Gasteiger partial charge on any atom is -0.508 e. The van der Waals surface area contributed by atoms with Crippen LogP contribution >= 0.6 is 0 Å². The molecule has 2 aromatic rings. The highest BCUT2D eigenvalue weighted by Crippen LogP contribution is 2.50. The standard InChI is InChI=1S/C24H26O6/c1-12(2)5-7-15(13(3)4)22-18(27)10-19(28)23-20(29)11-21(30-24(22)23)16-8-6-14(25)9-17(16)26/h5-6,8-10,15,21,25-28H,3,7,11H2,1-2,4H3/t15-,21+/m1/s1. The van der Waals surface area contributed by atoms with Gasteiger partial charge < -0.3 is 25.2 Å². The summed E-state index contributed by atoms with van der Waals surface area (Å²) < 4.78 is 6.10. The molecular formula is C24H26O6. The second kappa shape index (κ2) is 8.14. The van der Waals surface area contributed by atoms with Crippen molar-refractivity contribution in [2.75, 3.05) is 0 Å². The molecule has 0 fully saturated rings. The second-order valence-electron chi connectivity index (χ2n) is 7.93. The molecule has 0 unspecified atom stereocenters. The van der Waals surface area contributed by atoms with Crippen molar-refractivity contribution < 1.29 is 30.0 Å². The summed E-state index contributed by atoms with van der Waals surface area (Å²) in [6, 6.07) is 5.21. The first-order valence-corrected chi connectivity index (χ1v) is 9.69. The van der Waals surface area contributed by atoms with E-state index in [1.807, 2.05) is 26.8 Å². The molecule has 0 aliphatic carbocycles. The van der Waals surface area contributed by atoms with E-state index in [9.17, 15) is 25.2 Å². The van der Waals surface area contributed by atoms with Crippen LogP contribution in [0.2, 0.25) is 0 Å². The highest BCUT2D eigenvalue weighted by molar-refractivity contribution is 6.03. The van der Waals surface area contributed by atoms with E-state index in [1.165, 1.54) is 18.2 Å². The number of allylic oxidation sites excluding steroid dienone is 3. The maximum atomic E-state index is 12.9. The van der Waals surface area contributed by atoms with Crippen LogP contribution in [0.3, 0.4) is 0 Å². The van der Waals surface area contributed by atoms with Crippen LogP contribution in [0.25, 0.3) is 0 Å². The summed E-state index contributed by atoms with van der Waals surface area (Å²) in [5.74, 6) is -1.47. The van der Waals surface area contributed by atoms with Crippen LogP contribution < -0.4 is 4.74 Å². The maximum absolute atomic E-state index is 12.9. The summed E-state index contributed by atoms with van der Waals surface area (Å²) in [7, 11) is 0. The number of hydrogen-bond acceptors (Lipinski definition) is 6. The Hall–Kier alpha value is -3.41. The van der Waals surface area contributed by atoms with E-state index in [4.69, 9.17) is 4.74 Å². The molecule has 4 N–H and O–H groups in total. The normalized spacial score (nSPS) is 16.4. The number of ketones is 1. The highest BCUT2D eigenvalue weighted by atomic mass is 16.5. The van der Waals surface area contributed by atoms with Gasteiger partial charge in [0.2, 0.25) is 0 Å². The first-order valence-electron chi connectivity index (χ1n) is 9.69. The number of aromatic hydroxyl groups is 4. The average molecular weight is 410 g/mol. The van der Waals surface area contributed by atoms with Gasteiger partial charge in [0.25, 0.3) is 0 Å². The smallest absolute Gasteiger partial charge is 0.174 e. The van der Waals surface area contributed by atoms with Crippen LogP contribution in [-0.2, 0) is 0 Å². The maximum Gasteiger partial charge on any atom is 0.174 e. The molecule has 6 nitrogen and oxygen atoms in total. The van der Waals surface area contributed by atoms with Gasteiger partial charge in [-0.15, -0.1) is 0 Å². The van der Waals surface area contributed by atoms with Crippen molar-refractivity contribution in [1.82, 2.24) is 0 Å². The minimum absolute atomic E-state index is 0.0146. The SMILES string of the molecule is C=C(C)[C@@H](CC=C(C)C)c1c(O)cc(O)c2c1O[C@H](c1ccc(O)cc1O)CC2=O. The zero-order chi connectivity index (χ0) is 22.2. The fourth-order valence-electron chi connectivity index (χ4n) is 3.73. The summed E-state index contributed by atoms with van der Waals surface area (Å²) in [6.45, 7) is 9.79. The minimum atomic E-state index is -0.834. The van der Waals surface area contributed by atoms with Gasteiger partial charge in [-0.1, -0.05) is 23.8 Å². The Morgan fingerprint density at radius 2 is 1.83 bits per heavy atom. The van der Waals surface area contributed by atoms with Crippen molar-refractivity contribution in [3.63, 3.8) is 0 Å². The molecule has 1 aliphatic heterocycles. The van der Waals surface area contributed by atoms with E-state index in [-0.39, 0.29) is 52.4 Å². The van der Waals surface area contributed by atoms with Gasteiger partial charge in [-0.05, 0) is 39.3 Å². The predicted octanol–water partition coefficient (Wildman–Crippen LogP) is 5.23. The van der Waals surface area contributed by atoms with Crippen molar-refractivity contribution in [1.29, 1.82) is 0 Å². The van der Waals surface area contributed by atoms with Gasteiger partial charge in [-0.3, -0.25) is 4.79 Å². The van der Waals surface area contributed by atoms with E-state index < -0.39 is 6.10 Å². The molecule has 158 valence electrons. The van der Waals surface area contributed by atoms with Crippen LogP contribution in [-0.4, -0.2) is 26.2 Å². The zero-order valence-corrected chi connectivity index (χ0v) is 17.3. The summed E-state index contributed by atoms with van der Waals surface area (Å²) in [6.07, 6.45) is 1.61. The Kier molecular flexibility index (Phi) is 5.78. The number of fused-ring (bicyclic) bond motifs is 1. The van der Waals surface area contributed by atoms with Gasteiger partial charge in [0.1, 0.15) is 40.4 Å². The number of hydrogen-bond donors (Lipinski definition) is 4. The number of phenolic OH excluding ortho intramolecular Hbond substituents is 4. The summed E-state index contributed by atoms with van der Waals surface area (Å²) in [5.41, 5.74) is 2.58. The molecule has 2 atom stereocenters. The fraction of sp³-hybridized carbons (Fsp3) is 0.292. The Balaban J connectivity index is 2.16. The summed E-state index contributed by atoms with van der Waals surface area (Å²) in [5, 5.41) is 40.8. The van der Waals surface area contributed by atoms with Crippen LogP contribution in [0, 0.1) is 0 Å². The first-order chi connectivity index (χ1) is 14.1. The zero-order valence-electron chi connectivity index (χ0n) is 17.3. The lowest BCUT2D eigenvalue weighted by Gasteiger charge is -2.31. The van der Waals surface area contributed by atoms with Crippen LogP contribution in [0.5, 0.6) is 28.7 Å². The van der Waals surface area contributed by atoms with Gasteiger partial charge in [-0.2, -0.15) is 0 Å². The number of carbonyl (C=O) groups excluding carboxylic acids is 1. The van der Waals surface area contributed by atoms with Crippen LogP contribution in [0.4, 0.5) is 0 Å². The number of rotatable bonds is 5. The number of ether oxygens (including phenoxy) is 1. The fourth-order valence-corrected chi connectivity index (χ4v) is 3.73. The third-order valence-corrected chi connectivity index (χ3v) is 5.25. The number of Topliss-reactive ketones (excluding diaryl/α,β-unsaturated/α-hetero) is 1. The quantitative estimate of drug-likeness (QED) is 0.503. The Labute approximate surface area is 175 Å². The molecule has 0 saturated heterocycles. The molecule has 0 bridgehead atoms. The van der Waals surface area contributed by atoms with E-state index in [0.717, 1.165) is 17.2 Å². The predicted molar refractivity (Wildman–Crippen MR) is 113 cm³/mol. The molecule has 1 heterocycles. The molecule has 2 aromatic carbocycles. The third kappa shape index (κ3) is 3.99. The van der Waals surface area contributed by atoms with Crippen molar-refractivity contribution in [3.05, 3.63) is 64.8 Å². The monoisotopic (exact) mass is 410 g/mol. The average Bonchev–Trinajstić information content (AvgIpc) is 2.62. The number of benzene rings is 2.